The van der Waals surface area contributed by atoms with Gasteiger partial charge in [-0.15, -0.1) is 5.10 Å². The standard InChI is InChI=1S/C25H23ClN4O4/c1-32-19-11-8-16(9-12-19)23-28-25(27-15-18-6-4-5-7-20(18)26)30(29-23)24(31)17-10-13-21(33-2)22(14-17)34-3/h4-14H,15H2,1-3H3,(H,27,28,29). The first kappa shape index (κ1) is 23.1. The molecule has 1 aromatic heterocycles. The molecule has 0 fully saturated rings. The normalized spacial score (nSPS) is 10.6. The van der Waals surface area contributed by atoms with Crippen molar-refractivity contribution in [3.8, 4) is 28.6 Å². The van der Waals surface area contributed by atoms with E-state index < -0.39 is 0 Å². The number of hydrogen-bond acceptors (Lipinski definition) is 7. The number of rotatable bonds is 8. The lowest BCUT2D eigenvalue weighted by atomic mass is 10.2. The maximum atomic E-state index is 13.4. The highest BCUT2D eigenvalue weighted by molar-refractivity contribution is 6.31. The third-order valence-electron chi connectivity index (χ3n) is 5.17. The van der Waals surface area contributed by atoms with Crippen molar-refractivity contribution in [1.29, 1.82) is 0 Å². The molecule has 9 heteroatoms. The molecule has 34 heavy (non-hydrogen) atoms. The summed E-state index contributed by atoms with van der Waals surface area (Å²) in [7, 11) is 4.65. The summed E-state index contributed by atoms with van der Waals surface area (Å²) in [6.07, 6.45) is 0. The smallest absolute Gasteiger partial charge is 0.281 e. The summed E-state index contributed by atoms with van der Waals surface area (Å²) >= 11 is 6.29. The Balaban J connectivity index is 1.72. The lowest BCUT2D eigenvalue weighted by molar-refractivity contribution is 0.0947. The molecule has 0 spiro atoms. The maximum absolute atomic E-state index is 13.4. The highest BCUT2D eigenvalue weighted by Gasteiger charge is 2.20. The Morgan fingerprint density at radius 1 is 0.941 bits per heavy atom. The number of carbonyl (C=O) groups excluding carboxylic acids is 1. The van der Waals surface area contributed by atoms with Gasteiger partial charge < -0.3 is 19.5 Å². The molecule has 4 rings (SSSR count). The largest absolute Gasteiger partial charge is 0.497 e. The summed E-state index contributed by atoms with van der Waals surface area (Å²) in [6, 6.07) is 19.7. The van der Waals surface area contributed by atoms with Crippen molar-refractivity contribution >= 4 is 23.5 Å². The van der Waals surface area contributed by atoms with Crippen LogP contribution in [0.5, 0.6) is 17.2 Å². The number of nitrogens with one attached hydrogen (secondary N) is 1. The molecule has 0 saturated heterocycles. The molecule has 0 radical (unpaired) electrons. The molecule has 0 aliphatic carbocycles. The average molecular weight is 479 g/mol. The van der Waals surface area contributed by atoms with E-state index in [0.717, 1.165) is 11.1 Å². The van der Waals surface area contributed by atoms with Gasteiger partial charge in [-0.1, -0.05) is 29.8 Å². The molecule has 4 aromatic rings. The summed E-state index contributed by atoms with van der Waals surface area (Å²) < 4.78 is 17.1. The summed E-state index contributed by atoms with van der Waals surface area (Å²) in [5.41, 5.74) is 1.97. The van der Waals surface area contributed by atoms with Crippen molar-refractivity contribution in [2.45, 2.75) is 6.54 Å². The molecule has 8 nitrogen and oxygen atoms in total. The maximum Gasteiger partial charge on any atom is 0.281 e. The number of anilines is 1. The number of nitrogens with zero attached hydrogens (tertiary/aromatic N) is 3. The fraction of sp³-hybridized carbons (Fsp3) is 0.160. The highest BCUT2D eigenvalue weighted by Crippen LogP contribution is 2.29. The van der Waals surface area contributed by atoms with Crippen LogP contribution < -0.4 is 19.5 Å². The molecular formula is C25H23ClN4O4. The predicted molar refractivity (Wildman–Crippen MR) is 130 cm³/mol. The van der Waals surface area contributed by atoms with Gasteiger partial charge >= 0.3 is 0 Å². The van der Waals surface area contributed by atoms with Gasteiger partial charge in [0.2, 0.25) is 5.95 Å². The second kappa shape index (κ2) is 10.3. The quantitative estimate of drug-likeness (QED) is 0.384. The zero-order chi connectivity index (χ0) is 24.1. The van der Waals surface area contributed by atoms with E-state index in [4.69, 9.17) is 25.8 Å². The van der Waals surface area contributed by atoms with Gasteiger partial charge in [0.15, 0.2) is 17.3 Å². The topological polar surface area (TPSA) is 87.5 Å². The SMILES string of the molecule is COc1ccc(-c2nc(NCc3ccccc3Cl)n(C(=O)c3ccc(OC)c(OC)c3)n2)cc1. The van der Waals surface area contributed by atoms with Gasteiger partial charge in [-0.2, -0.15) is 9.67 Å². The van der Waals surface area contributed by atoms with Crippen LogP contribution in [0.25, 0.3) is 11.4 Å². The van der Waals surface area contributed by atoms with E-state index in [-0.39, 0.29) is 11.9 Å². The Morgan fingerprint density at radius 3 is 2.35 bits per heavy atom. The monoisotopic (exact) mass is 478 g/mol. The van der Waals surface area contributed by atoms with Crippen molar-refractivity contribution in [2.24, 2.45) is 0 Å². The molecule has 1 heterocycles. The molecule has 1 N–H and O–H groups in total. The number of aromatic nitrogens is 3. The third-order valence-corrected chi connectivity index (χ3v) is 5.54. The molecule has 0 amide bonds. The van der Waals surface area contributed by atoms with E-state index in [9.17, 15) is 4.79 Å². The van der Waals surface area contributed by atoms with Crippen molar-refractivity contribution < 1.29 is 19.0 Å². The van der Waals surface area contributed by atoms with Gasteiger partial charge in [-0.05, 0) is 54.1 Å². The zero-order valence-corrected chi connectivity index (χ0v) is 19.7. The van der Waals surface area contributed by atoms with Crippen LogP contribution in [0, 0.1) is 0 Å². The van der Waals surface area contributed by atoms with Gasteiger partial charge in [-0.3, -0.25) is 4.79 Å². The van der Waals surface area contributed by atoms with Crippen LogP contribution >= 0.6 is 11.6 Å². The van der Waals surface area contributed by atoms with Crippen molar-refractivity contribution in [2.75, 3.05) is 26.6 Å². The first-order chi connectivity index (χ1) is 16.5. The second-order valence-electron chi connectivity index (χ2n) is 7.22. The van der Waals surface area contributed by atoms with Gasteiger partial charge in [0.1, 0.15) is 5.75 Å². The predicted octanol–water partition coefficient (Wildman–Crippen LogP) is 4.92. The summed E-state index contributed by atoms with van der Waals surface area (Å²) in [4.78, 5) is 18.0. The number of hydrogen-bond donors (Lipinski definition) is 1. The summed E-state index contributed by atoms with van der Waals surface area (Å²) in [5, 5.41) is 8.29. The molecule has 174 valence electrons. The van der Waals surface area contributed by atoms with Gasteiger partial charge in [0.25, 0.3) is 5.91 Å². The second-order valence-corrected chi connectivity index (χ2v) is 7.63. The fourth-order valence-electron chi connectivity index (χ4n) is 3.34. The number of carbonyl (C=O) groups is 1. The Labute approximate surface area is 202 Å². The Hall–Kier alpha value is -4.04. The van der Waals surface area contributed by atoms with Crippen LogP contribution in [0.4, 0.5) is 5.95 Å². The van der Waals surface area contributed by atoms with E-state index in [1.807, 2.05) is 42.5 Å². The third kappa shape index (κ3) is 4.82. The number of methoxy groups -OCH3 is 3. The van der Waals surface area contributed by atoms with Gasteiger partial charge in [0, 0.05) is 22.7 Å². The molecule has 0 bridgehead atoms. The summed E-state index contributed by atoms with van der Waals surface area (Å²) in [5.74, 6) is 1.96. The zero-order valence-electron chi connectivity index (χ0n) is 18.9. The van der Waals surface area contributed by atoms with Crippen LogP contribution in [-0.4, -0.2) is 42.0 Å². The van der Waals surface area contributed by atoms with Gasteiger partial charge in [-0.25, -0.2) is 0 Å². The number of halogens is 1. The van der Waals surface area contributed by atoms with E-state index in [1.54, 1.807) is 31.4 Å². The fourth-order valence-corrected chi connectivity index (χ4v) is 3.54. The molecule has 3 aromatic carbocycles. The Morgan fingerprint density at radius 2 is 1.68 bits per heavy atom. The summed E-state index contributed by atoms with van der Waals surface area (Å²) in [6.45, 7) is 0.361. The molecular weight excluding hydrogens is 456 g/mol. The van der Waals surface area contributed by atoms with E-state index >= 15 is 0 Å². The first-order valence-electron chi connectivity index (χ1n) is 10.4. The van der Waals surface area contributed by atoms with Crippen LogP contribution in [-0.2, 0) is 6.54 Å². The number of benzene rings is 3. The molecule has 0 atom stereocenters. The number of ether oxygens (including phenoxy) is 3. The minimum absolute atomic E-state index is 0.283. The molecule has 0 aliphatic rings. The van der Waals surface area contributed by atoms with Crippen LogP contribution in [0.1, 0.15) is 15.9 Å². The van der Waals surface area contributed by atoms with Crippen molar-refractivity contribution in [3.63, 3.8) is 0 Å². The molecule has 0 saturated carbocycles. The van der Waals surface area contributed by atoms with E-state index in [0.29, 0.717) is 40.2 Å². The van der Waals surface area contributed by atoms with Gasteiger partial charge in [0.05, 0.1) is 21.3 Å². The van der Waals surface area contributed by atoms with Crippen molar-refractivity contribution in [1.82, 2.24) is 14.8 Å². The van der Waals surface area contributed by atoms with Crippen LogP contribution in [0.3, 0.4) is 0 Å². The van der Waals surface area contributed by atoms with E-state index in [1.165, 1.54) is 18.9 Å². The molecule has 0 aliphatic heterocycles. The minimum atomic E-state index is -0.380. The Kier molecular flexibility index (Phi) is 6.98. The van der Waals surface area contributed by atoms with Crippen molar-refractivity contribution in [3.05, 3.63) is 82.9 Å². The average Bonchev–Trinajstić information content (AvgIpc) is 3.31. The lowest BCUT2D eigenvalue weighted by Gasteiger charge is -2.11. The highest BCUT2D eigenvalue weighted by atomic mass is 35.5. The molecule has 0 unspecified atom stereocenters. The minimum Gasteiger partial charge on any atom is -0.497 e. The first-order valence-corrected chi connectivity index (χ1v) is 10.8. The van der Waals surface area contributed by atoms with Crippen LogP contribution in [0.2, 0.25) is 5.02 Å². The van der Waals surface area contributed by atoms with E-state index in [2.05, 4.69) is 15.4 Å². The van der Waals surface area contributed by atoms with Crippen LogP contribution in [0.15, 0.2) is 66.7 Å². The Bertz CT molecular complexity index is 1300. The lowest BCUT2D eigenvalue weighted by Crippen LogP contribution is -2.17.